The largest absolute Gasteiger partial charge is 0.398 e. The number of rotatable bonds is 10. The number of hydrogen-bond donors (Lipinski definition) is 3. The van der Waals surface area contributed by atoms with Crippen LogP contribution in [0.4, 0.5) is 0 Å². The summed E-state index contributed by atoms with van der Waals surface area (Å²) < 4.78 is 0. The lowest BCUT2D eigenvalue weighted by Crippen LogP contribution is -2.26. The van der Waals surface area contributed by atoms with Crippen LogP contribution in [0.5, 0.6) is 0 Å². The van der Waals surface area contributed by atoms with Crippen molar-refractivity contribution in [3.8, 4) is 0 Å². The second-order valence-corrected chi connectivity index (χ2v) is 8.75. The van der Waals surface area contributed by atoms with Gasteiger partial charge in [0.25, 0.3) is 0 Å². The minimum Gasteiger partial charge on any atom is -0.398 e. The van der Waals surface area contributed by atoms with E-state index < -0.39 is 0 Å². The van der Waals surface area contributed by atoms with Crippen molar-refractivity contribution in [1.29, 1.82) is 0 Å². The van der Waals surface area contributed by atoms with E-state index >= 15 is 0 Å². The maximum atomic E-state index is 10.9. The second kappa shape index (κ2) is 14.1. The van der Waals surface area contributed by atoms with Crippen LogP contribution >= 0.6 is 23.2 Å². The number of carbonyl (C=O) groups excluding carboxylic acids is 1. The Balaban J connectivity index is 0.00000249. The Morgan fingerprint density at radius 3 is 2.47 bits per heavy atom. The van der Waals surface area contributed by atoms with Gasteiger partial charge >= 0.3 is 0 Å². The van der Waals surface area contributed by atoms with Gasteiger partial charge in [-0.15, -0.1) is 0 Å². The first-order valence-corrected chi connectivity index (χ1v) is 11.5. The molecule has 32 heavy (non-hydrogen) atoms. The molecule has 1 saturated carbocycles. The van der Waals surface area contributed by atoms with Crippen LogP contribution in [0.2, 0.25) is 10.0 Å². The Bertz CT molecular complexity index is 832. The fraction of sp³-hybridized carbons (Fsp3) is 0.522. The molecule has 0 aliphatic heterocycles. The molecule has 1 aliphatic carbocycles. The molecule has 2 rings (SSSR count). The average Bonchev–Trinajstić information content (AvgIpc) is 3.28. The van der Waals surface area contributed by atoms with Gasteiger partial charge in [0, 0.05) is 37.0 Å². The first kappa shape index (κ1) is 27.9. The molecule has 1 fully saturated rings. The van der Waals surface area contributed by atoms with Crippen molar-refractivity contribution in [2.24, 2.45) is 32.6 Å². The molecule has 1 amide bonds. The summed E-state index contributed by atoms with van der Waals surface area (Å²) in [5, 5.41) is 0.821. The smallest absolute Gasteiger partial charge is 0.209 e. The molecule has 1 aromatic carbocycles. The van der Waals surface area contributed by atoms with Gasteiger partial charge < -0.3 is 22.1 Å². The van der Waals surface area contributed by atoms with Crippen LogP contribution in [-0.2, 0) is 4.79 Å². The average molecular weight is 483 g/mol. The van der Waals surface area contributed by atoms with Gasteiger partial charge in [0.1, 0.15) is 12.2 Å². The van der Waals surface area contributed by atoms with E-state index in [-0.39, 0.29) is 11.3 Å². The van der Waals surface area contributed by atoms with Crippen LogP contribution in [0.15, 0.2) is 33.8 Å². The summed E-state index contributed by atoms with van der Waals surface area (Å²) in [6.07, 6.45) is 9.26. The van der Waals surface area contributed by atoms with Crippen molar-refractivity contribution in [1.82, 2.24) is 4.90 Å². The summed E-state index contributed by atoms with van der Waals surface area (Å²) in [4.78, 5) is 21.2. The van der Waals surface area contributed by atoms with Gasteiger partial charge in [0.2, 0.25) is 6.41 Å². The van der Waals surface area contributed by atoms with E-state index in [0.717, 1.165) is 25.8 Å². The van der Waals surface area contributed by atoms with Gasteiger partial charge in [0.15, 0.2) is 0 Å². The molecule has 9 heteroatoms. The number of benzene rings is 1. The van der Waals surface area contributed by atoms with E-state index in [1.165, 1.54) is 39.1 Å². The third kappa shape index (κ3) is 8.11. The molecular formula is C23H36Cl2N6O. The molecule has 0 atom stereocenters. The number of nitrogens with zero attached hydrogens (tertiary/aromatic N) is 3. The number of nitrogens with two attached hydrogens (primary N) is 3. The van der Waals surface area contributed by atoms with Crippen LogP contribution in [0, 0.1) is 5.41 Å². The number of halogens is 2. The zero-order valence-electron chi connectivity index (χ0n) is 19.3. The van der Waals surface area contributed by atoms with Crippen LogP contribution in [0.3, 0.4) is 0 Å². The number of amidine groups is 1. The van der Waals surface area contributed by atoms with Gasteiger partial charge in [-0.05, 0) is 51.1 Å². The minimum absolute atomic E-state index is 0.271. The lowest BCUT2D eigenvalue weighted by atomic mass is 9.79. The van der Waals surface area contributed by atoms with Crippen LogP contribution in [-0.4, -0.2) is 50.7 Å². The molecule has 0 heterocycles. The fourth-order valence-electron chi connectivity index (χ4n) is 3.83. The number of amides is 1. The molecule has 178 valence electrons. The molecule has 0 aromatic heterocycles. The van der Waals surface area contributed by atoms with E-state index in [1.54, 1.807) is 30.0 Å². The zero-order chi connectivity index (χ0) is 24.1. The topological polar surface area (TPSA) is 123 Å². The molecule has 6 N–H and O–H groups in total. The van der Waals surface area contributed by atoms with Gasteiger partial charge in [-0.25, -0.2) is 4.99 Å². The standard InChI is InChI=1S/C22H31Cl2N5O.CH5N/c1-16(20(25)17-6-5-7-18(23)19(17)24)21(26)28-14-27-12-10-22(8-3-4-9-22)11-13-29(2)15-30;1-2/h5-7,14-15H,3-4,8-13,25H2,1-2H3,(H2,26,27,28);2H2,1H3/b20-16-;. The van der Waals surface area contributed by atoms with Crippen molar-refractivity contribution in [3.05, 3.63) is 39.4 Å². The van der Waals surface area contributed by atoms with Crippen LogP contribution in [0.1, 0.15) is 51.0 Å². The summed E-state index contributed by atoms with van der Waals surface area (Å²) in [7, 11) is 3.32. The van der Waals surface area contributed by atoms with Gasteiger partial charge in [0.05, 0.1) is 10.0 Å². The zero-order valence-corrected chi connectivity index (χ0v) is 20.8. The number of hydrogen-bond acceptors (Lipinski definition) is 4. The van der Waals surface area contributed by atoms with Crippen LogP contribution < -0.4 is 17.2 Å². The van der Waals surface area contributed by atoms with Crippen molar-refractivity contribution in [2.45, 2.75) is 45.4 Å². The summed E-state index contributed by atoms with van der Waals surface area (Å²) in [6, 6.07) is 5.27. The first-order chi connectivity index (χ1) is 15.3. The highest BCUT2D eigenvalue weighted by Crippen LogP contribution is 2.44. The Morgan fingerprint density at radius 1 is 1.19 bits per heavy atom. The highest BCUT2D eigenvalue weighted by atomic mass is 35.5. The summed E-state index contributed by atoms with van der Waals surface area (Å²) in [5.74, 6) is 0.287. The monoisotopic (exact) mass is 482 g/mol. The molecule has 0 radical (unpaired) electrons. The lowest BCUT2D eigenvalue weighted by Gasteiger charge is -2.29. The predicted molar refractivity (Wildman–Crippen MR) is 137 cm³/mol. The normalized spacial score (nSPS) is 16.4. The van der Waals surface area contributed by atoms with E-state index in [2.05, 4.69) is 15.7 Å². The van der Waals surface area contributed by atoms with Crippen LogP contribution in [0.25, 0.3) is 5.70 Å². The van der Waals surface area contributed by atoms with Crippen molar-refractivity contribution < 1.29 is 4.79 Å². The Labute approximate surface area is 201 Å². The van der Waals surface area contributed by atoms with Crippen molar-refractivity contribution in [3.63, 3.8) is 0 Å². The molecule has 7 nitrogen and oxygen atoms in total. The van der Waals surface area contributed by atoms with Gasteiger partial charge in [-0.2, -0.15) is 0 Å². The summed E-state index contributed by atoms with van der Waals surface area (Å²) in [5.41, 5.74) is 18.7. The molecule has 1 aromatic rings. The summed E-state index contributed by atoms with van der Waals surface area (Å²) >= 11 is 12.3. The van der Waals surface area contributed by atoms with Gasteiger partial charge in [-0.1, -0.05) is 48.2 Å². The Morgan fingerprint density at radius 2 is 1.84 bits per heavy atom. The first-order valence-electron chi connectivity index (χ1n) is 10.8. The number of carbonyl (C=O) groups is 1. The molecule has 0 unspecified atom stereocenters. The van der Waals surface area contributed by atoms with E-state index in [4.69, 9.17) is 34.7 Å². The highest BCUT2D eigenvalue weighted by Gasteiger charge is 2.33. The Hall–Kier alpha value is -2.09. The predicted octanol–water partition coefficient (Wildman–Crippen LogP) is 4.07. The molecule has 0 spiro atoms. The fourth-order valence-corrected chi connectivity index (χ4v) is 4.23. The third-order valence-corrected chi connectivity index (χ3v) is 6.74. The quantitative estimate of drug-likeness (QED) is 0.264. The third-order valence-electron chi connectivity index (χ3n) is 5.92. The van der Waals surface area contributed by atoms with E-state index in [1.807, 2.05) is 7.05 Å². The molecular weight excluding hydrogens is 447 g/mol. The van der Waals surface area contributed by atoms with Crippen molar-refractivity contribution in [2.75, 3.05) is 27.2 Å². The summed E-state index contributed by atoms with van der Waals surface area (Å²) in [6.45, 7) is 3.25. The second-order valence-electron chi connectivity index (χ2n) is 7.97. The molecule has 0 bridgehead atoms. The molecule has 0 saturated heterocycles. The SMILES string of the molecule is C/C(C(N)=NC=NCCC1(CCN(C)C=O)CCCC1)=C(/N)c1cccc(Cl)c1Cl.CN. The lowest BCUT2D eigenvalue weighted by molar-refractivity contribution is -0.117. The molecule has 1 aliphatic rings. The maximum absolute atomic E-state index is 10.9. The highest BCUT2D eigenvalue weighted by molar-refractivity contribution is 6.43. The Kier molecular flexibility index (Phi) is 12.3. The van der Waals surface area contributed by atoms with E-state index in [9.17, 15) is 4.79 Å². The van der Waals surface area contributed by atoms with Gasteiger partial charge in [-0.3, -0.25) is 9.79 Å². The minimum atomic E-state index is 0.271. The van der Waals surface area contributed by atoms with E-state index in [0.29, 0.717) is 33.4 Å². The number of aliphatic imine (C=N–C) groups is 2. The van der Waals surface area contributed by atoms with Crippen molar-refractivity contribution >= 4 is 47.5 Å². The maximum Gasteiger partial charge on any atom is 0.209 e.